The van der Waals surface area contributed by atoms with E-state index in [1.165, 1.54) is 11.8 Å². The highest BCUT2D eigenvalue weighted by molar-refractivity contribution is 7.99. The van der Waals surface area contributed by atoms with Crippen molar-refractivity contribution < 1.29 is 5.11 Å². The SMILES string of the molecule is C[C@@H](O)c1cccnc1Sc1nnnn1C. The van der Waals surface area contributed by atoms with E-state index in [4.69, 9.17) is 0 Å². The second kappa shape index (κ2) is 4.58. The predicted molar refractivity (Wildman–Crippen MR) is 57.8 cm³/mol. The molecule has 0 aliphatic heterocycles. The molecule has 16 heavy (non-hydrogen) atoms. The minimum Gasteiger partial charge on any atom is -0.389 e. The van der Waals surface area contributed by atoms with Gasteiger partial charge in [0, 0.05) is 18.8 Å². The number of aliphatic hydroxyl groups excluding tert-OH is 1. The van der Waals surface area contributed by atoms with Gasteiger partial charge in [0.2, 0.25) is 5.16 Å². The molecule has 84 valence electrons. The molecule has 0 saturated carbocycles. The monoisotopic (exact) mass is 237 g/mol. The van der Waals surface area contributed by atoms with Crippen LogP contribution in [0.3, 0.4) is 0 Å². The Bertz CT molecular complexity index is 484. The number of nitrogens with zero attached hydrogens (tertiary/aromatic N) is 5. The van der Waals surface area contributed by atoms with Crippen molar-refractivity contribution in [3.05, 3.63) is 23.9 Å². The van der Waals surface area contributed by atoms with Crippen LogP contribution >= 0.6 is 11.8 Å². The molecule has 1 N–H and O–H groups in total. The second-order valence-electron chi connectivity index (χ2n) is 3.26. The van der Waals surface area contributed by atoms with Crippen molar-refractivity contribution in [3.63, 3.8) is 0 Å². The zero-order chi connectivity index (χ0) is 11.5. The molecule has 0 unspecified atom stereocenters. The van der Waals surface area contributed by atoms with Crippen molar-refractivity contribution in [3.8, 4) is 0 Å². The van der Waals surface area contributed by atoms with Gasteiger partial charge >= 0.3 is 0 Å². The maximum atomic E-state index is 9.59. The summed E-state index contributed by atoms with van der Waals surface area (Å²) in [4.78, 5) is 4.21. The average Bonchev–Trinajstić information content (AvgIpc) is 2.65. The first kappa shape index (κ1) is 11.0. The lowest BCUT2D eigenvalue weighted by Crippen LogP contribution is -1.98. The summed E-state index contributed by atoms with van der Waals surface area (Å²) in [5, 5.41) is 22.1. The number of hydrogen-bond acceptors (Lipinski definition) is 6. The lowest BCUT2D eigenvalue weighted by molar-refractivity contribution is 0.195. The van der Waals surface area contributed by atoms with Gasteiger partial charge in [-0.2, -0.15) is 0 Å². The van der Waals surface area contributed by atoms with Gasteiger partial charge in [-0.05, 0) is 35.2 Å². The highest BCUT2D eigenvalue weighted by Gasteiger charge is 2.12. The Morgan fingerprint density at radius 2 is 2.31 bits per heavy atom. The lowest BCUT2D eigenvalue weighted by Gasteiger charge is -2.08. The molecule has 0 aromatic carbocycles. The van der Waals surface area contributed by atoms with Gasteiger partial charge in [0.05, 0.1) is 6.10 Å². The van der Waals surface area contributed by atoms with Crippen molar-refractivity contribution in [1.82, 2.24) is 25.2 Å². The maximum absolute atomic E-state index is 9.59. The predicted octanol–water partition coefficient (Wildman–Crippen LogP) is 0.810. The Hall–Kier alpha value is -1.47. The summed E-state index contributed by atoms with van der Waals surface area (Å²) in [6.07, 6.45) is 1.12. The first-order chi connectivity index (χ1) is 7.68. The topological polar surface area (TPSA) is 76.7 Å². The summed E-state index contributed by atoms with van der Waals surface area (Å²) in [6.45, 7) is 1.70. The van der Waals surface area contributed by atoms with Crippen LogP contribution in [0.15, 0.2) is 28.5 Å². The highest BCUT2D eigenvalue weighted by Crippen LogP contribution is 2.29. The molecular weight excluding hydrogens is 226 g/mol. The van der Waals surface area contributed by atoms with Crippen LogP contribution in [-0.4, -0.2) is 30.3 Å². The van der Waals surface area contributed by atoms with Crippen LogP contribution in [0.25, 0.3) is 0 Å². The fourth-order valence-electron chi connectivity index (χ4n) is 1.20. The largest absolute Gasteiger partial charge is 0.389 e. The Morgan fingerprint density at radius 3 is 2.94 bits per heavy atom. The van der Waals surface area contributed by atoms with Crippen molar-refractivity contribution in [2.75, 3.05) is 0 Å². The van der Waals surface area contributed by atoms with E-state index in [0.29, 0.717) is 5.16 Å². The number of aryl methyl sites for hydroxylation is 1. The zero-order valence-electron chi connectivity index (χ0n) is 8.90. The van der Waals surface area contributed by atoms with E-state index in [1.54, 1.807) is 30.9 Å². The van der Waals surface area contributed by atoms with Crippen LogP contribution in [0.2, 0.25) is 0 Å². The summed E-state index contributed by atoms with van der Waals surface area (Å²) in [7, 11) is 1.76. The number of aromatic nitrogens is 5. The van der Waals surface area contributed by atoms with E-state index >= 15 is 0 Å². The van der Waals surface area contributed by atoms with Gasteiger partial charge in [-0.15, -0.1) is 5.10 Å². The van der Waals surface area contributed by atoms with Gasteiger partial charge in [0.1, 0.15) is 5.03 Å². The maximum Gasteiger partial charge on any atom is 0.215 e. The molecule has 0 spiro atoms. The minimum absolute atomic E-state index is 0.558. The number of pyridine rings is 1. The van der Waals surface area contributed by atoms with E-state index in [2.05, 4.69) is 20.5 Å². The van der Waals surface area contributed by atoms with Gasteiger partial charge < -0.3 is 5.11 Å². The highest BCUT2D eigenvalue weighted by atomic mass is 32.2. The number of aliphatic hydroxyl groups is 1. The molecule has 0 aliphatic rings. The molecular formula is C9H11N5OS. The summed E-state index contributed by atoms with van der Waals surface area (Å²) in [5.74, 6) is 0. The van der Waals surface area contributed by atoms with Crippen LogP contribution in [0.1, 0.15) is 18.6 Å². The zero-order valence-corrected chi connectivity index (χ0v) is 9.72. The molecule has 0 radical (unpaired) electrons. The Morgan fingerprint density at radius 1 is 1.50 bits per heavy atom. The molecule has 2 rings (SSSR count). The molecule has 0 bridgehead atoms. The van der Waals surface area contributed by atoms with Crippen LogP contribution in [0, 0.1) is 0 Å². The van der Waals surface area contributed by atoms with Crippen molar-refractivity contribution in [2.45, 2.75) is 23.2 Å². The van der Waals surface area contributed by atoms with E-state index in [9.17, 15) is 5.11 Å². The third-order valence-corrected chi connectivity index (χ3v) is 3.08. The average molecular weight is 237 g/mol. The number of rotatable bonds is 3. The minimum atomic E-state index is -0.558. The summed E-state index contributed by atoms with van der Waals surface area (Å²) in [6, 6.07) is 3.63. The number of hydrogen-bond donors (Lipinski definition) is 1. The Labute approximate surface area is 96.7 Å². The Balaban J connectivity index is 2.31. The molecule has 0 fully saturated rings. The fraction of sp³-hybridized carbons (Fsp3) is 0.333. The van der Waals surface area contributed by atoms with E-state index in [1.807, 2.05) is 6.07 Å². The molecule has 6 nitrogen and oxygen atoms in total. The van der Waals surface area contributed by atoms with Crippen LogP contribution < -0.4 is 0 Å². The number of tetrazole rings is 1. The van der Waals surface area contributed by atoms with Gasteiger partial charge in [0.15, 0.2) is 0 Å². The molecule has 0 aliphatic carbocycles. The van der Waals surface area contributed by atoms with Gasteiger partial charge in [-0.3, -0.25) is 0 Å². The molecule has 7 heteroatoms. The molecule has 2 aromatic rings. The molecule has 2 aromatic heterocycles. The fourth-order valence-corrected chi connectivity index (χ4v) is 2.09. The smallest absolute Gasteiger partial charge is 0.215 e. The van der Waals surface area contributed by atoms with Crippen molar-refractivity contribution in [1.29, 1.82) is 0 Å². The summed E-state index contributed by atoms with van der Waals surface area (Å²) >= 11 is 1.33. The third-order valence-electron chi connectivity index (χ3n) is 2.02. The van der Waals surface area contributed by atoms with Crippen molar-refractivity contribution >= 4 is 11.8 Å². The second-order valence-corrected chi connectivity index (χ2v) is 4.22. The molecule has 0 saturated heterocycles. The van der Waals surface area contributed by atoms with Crippen LogP contribution in [0.4, 0.5) is 0 Å². The quantitative estimate of drug-likeness (QED) is 0.851. The summed E-state index contributed by atoms with van der Waals surface area (Å²) < 4.78 is 1.56. The van der Waals surface area contributed by atoms with Crippen molar-refractivity contribution in [2.24, 2.45) is 7.05 Å². The van der Waals surface area contributed by atoms with E-state index in [0.717, 1.165) is 10.6 Å². The summed E-state index contributed by atoms with van der Waals surface area (Å²) in [5.41, 5.74) is 0.774. The standard InChI is InChI=1S/C9H11N5OS/c1-6(15)7-4-3-5-10-8(7)16-9-11-12-13-14(9)2/h3-6,15H,1-2H3/t6-/m1/s1. The van der Waals surface area contributed by atoms with Gasteiger partial charge in [-0.25, -0.2) is 9.67 Å². The first-order valence-corrected chi connectivity index (χ1v) is 5.53. The van der Waals surface area contributed by atoms with E-state index < -0.39 is 6.10 Å². The Kier molecular flexibility index (Phi) is 3.16. The molecule has 0 amide bonds. The van der Waals surface area contributed by atoms with Crippen LogP contribution in [0.5, 0.6) is 0 Å². The van der Waals surface area contributed by atoms with Crippen LogP contribution in [-0.2, 0) is 7.05 Å². The molecule has 2 heterocycles. The normalized spacial score (nSPS) is 12.7. The molecule has 1 atom stereocenters. The van der Waals surface area contributed by atoms with Gasteiger partial charge in [-0.1, -0.05) is 6.07 Å². The third kappa shape index (κ3) is 2.20. The van der Waals surface area contributed by atoms with E-state index in [-0.39, 0.29) is 0 Å². The lowest BCUT2D eigenvalue weighted by atomic mass is 10.2. The van der Waals surface area contributed by atoms with Gasteiger partial charge in [0.25, 0.3) is 0 Å². The first-order valence-electron chi connectivity index (χ1n) is 4.71.